The second kappa shape index (κ2) is 5.05. The monoisotopic (exact) mass is 257 g/mol. The van der Waals surface area contributed by atoms with Gasteiger partial charge in [0.2, 0.25) is 5.16 Å². The average Bonchev–Trinajstić information content (AvgIpc) is 2.68. The van der Waals surface area contributed by atoms with E-state index in [9.17, 15) is 4.79 Å². The SMILES string of the molecule is COC1(Cc2nc(SCC(=O)O)n[nH]2)CCC1. The fourth-order valence-electron chi connectivity index (χ4n) is 1.88. The number of carbonyl (C=O) groups is 1. The van der Waals surface area contributed by atoms with Gasteiger partial charge < -0.3 is 9.84 Å². The Bertz CT molecular complexity index is 398. The fourth-order valence-corrected chi connectivity index (χ4v) is 2.41. The number of nitrogens with one attached hydrogen (secondary N) is 1. The molecule has 0 spiro atoms. The largest absolute Gasteiger partial charge is 0.481 e. The van der Waals surface area contributed by atoms with E-state index in [-0.39, 0.29) is 11.4 Å². The van der Waals surface area contributed by atoms with E-state index in [0.29, 0.717) is 11.6 Å². The minimum Gasteiger partial charge on any atom is -0.481 e. The molecular formula is C10H15N3O3S. The molecule has 0 atom stereocenters. The first-order valence-electron chi connectivity index (χ1n) is 5.45. The molecule has 0 saturated heterocycles. The number of H-pyrrole nitrogens is 1. The van der Waals surface area contributed by atoms with E-state index in [1.54, 1.807) is 7.11 Å². The quantitative estimate of drug-likeness (QED) is 0.742. The molecule has 0 radical (unpaired) electrons. The molecule has 6 nitrogen and oxygen atoms in total. The van der Waals surface area contributed by atoms with Crippen molar-refractivity contribution in [3.8, 4) is 0 Å². The van der Waals surface area contributed by atoms with E-state index in [2.05, 4.69) is 15.2 Å². The summed E-state index contributed by atoms with van der Waals surface area (Å²) in [7, 11) is 1.72. The van der Waals surface area contributed by atoms with E-state index in [1.807, 2.05) is 0 Å². The highest BCUT2D eigenvalue weighted by atomic mass is 32.2. The predicted octanol–water partition coefficient (Wildman–Crippen LogP) is 1.09. The molecule has 7 heteroatoms. The Kier molecular flexibility index (Phi) is 3.68. The summed E-state index contributed by atoms with van der Waals surface area (Å²) in [4.78, 5) is 14.7. The Morgan fingerprint density at radius 3 is 2.94 bits per heavy atom. The van der Waals surface area contributed by atoms with Crippen LogP contribution in [0.2, 0.25) is 0 Å². The number of hydrogen-bond acceptors (Lipinski definition) is 5. The molecule has 1 heterocycles. The van der Waals surface area contributed by atoms with Crippen molar-refractivity contribution in [2.24, 2.45) is 0 Å². The minimum atomic E-state index is -0.867. The highest BCUT2D eigenvalue weighted by Crippen LogP contribution is 2.37. The predicted molar refractivity (Wildman–Crippen MR) is 62.0 cm³/mol. The standard InChI is InChI=1S/C10H15N3O3S/c1-16-10(3-2-4-10)5-7-11-9(13-12-7)17-6-8(14)15/h2-6H2,1H3,(H,14,15)(H,11,12,13). The lowest BCUT2D eigenvalue weighted by Gasteiger charge is -2.39. The van der Waals surface area contributed by atoms with E-state index in [4.69, 9.17) is 9.84 Å². The highest BCUT2D eigenvalue weighted by Gasteiger charge is 2.38. The van der Waals surface area contributed by atoms with Crippen molar-refractivity contribution < 1.29 is 14.6 Å². The van der Waals surface area contributed by atoms with E-state index in [0.717, 1.165) is 30.4 Å². The number of thioether (sulfide) groups is 1. The number of carboxylic acid groups (broad SMARTS) is 1. The normalized spacial score (nSPS) is 17.7. The fraction of sp³-hybridized carbons (Fsp3) is 0.700. The lowest BCUT2D eigenvalue weighted by Crippen LogP contribution is -2.41. The summed E-state index contributed by atoms with van der Waals surface area (Å²) in [6, 6.07) is 0. The number of carboxylic acids is 1. The van der Waals surface area contributed by atoms with Crippen LogP contribution in [0.25, 0.3) is 0 Å². The van der Waals surface area contributed by atoms with Crippen molar-refractivity contribution in [3.63, 3.8) is 0 Å². The summed E-state index contributed by atoms with van der Waals surface area (Å²) >= 11 is 1.11. The molecule has 0 aliphatic heterocycles. The van der Waals surface area contributed by atoms with Crippen LogP contribution in [-0.4, -0.2) is 44.7 Å². The van der Waals surface area contributed by atoms with Crippen molar-refractivity contribution >= 4 is 17.7 Å². The van der Waals surface area contributed by atoms with Crippen LogP contribution in [0.1, 0.15) is 25.1 Å². The summed E-state index contributed by atoms with van der Waals surface area (Å²) in [5.41, 5.74) is -0.0890. The van der Waals surface area contributed by atoms with E-state index >= 15 is 0 Å². The molecule has 0 bridgehead atoms. The van der Waals surface area contributed by atoms with E-state index < -0.39 is 5.97 Å². The van der Waals surface area contributed by atoms with Crippen molar-refractivity contribution in [2.75, 3.05) is 12.9 Å². The average molecular weight is 257 g/mol. The Balaban J connectivity index is 1.91. The number of aromatic nitrogens is 3. The number of hydrogen-bond donors (Lipinski definition) is 2. The molecule has 1 aliphatic rings. The molecule has 0 amide bonds. The summed E-state index contributed by atoms with van der Waals surface area (Å²) < 4.78 is 5.50. The lowest BCUT2D eigenvalue weighted by atomic mass is 9.77. The molecule has 1 aliphatic carbocycles. The van der Waals surface area contributed by atoms with Gasteiger partial charge in [-0.3, -0.25) is 9.89 Å². The van der Waals surface area contributed by atoms with Crippen LogP contribution in [0.5, 0.6) is 0 Å². The number of aliphatic carboxylic acids is 1. The number of rotatable bonds is 6. The third kappa shape index (κ3) is 2.98. The maximum atomic E-state index is 10.4. The van der Waals surface area contributed by atoms with Gasteiger partial charge in [-0.15, -0.1) is 5.10 Å². The van der Waals surface area contributed by atoms with Crippen molar-refractivity contribution in [2.45, 2.75) is 36.4 Å². The molecule has 1 saturated carbocycles. The molecule has 0 unspecified atom stereocenters. The van der Waals surface area contributed by atoms with Gasteiger partial charge in [-0.05, 0) is 19.3 Å². The molecule has 94 valence electrons. The van der Waals surface area contributed by atoms with Gasteiger partial charge in [-0.1, -0.05) is 11.8 Å². The van der Waals surface area contributed by atoms with Gasteiger partial charge in [-0.2, -0.15) is 0 Å². The maximum absolute atomic E-state index is 10.4. The molecule has 2 rings (SSSR count). The van der Waals surface area contributed by atoms with Gasteiger partial charge in [0.15, 0.2) is 0 Å². The van der Waals surface area contributed by atoms with Crippen molar-refractivity contribution in [1.82, 2.24) is 15.2 Å². The molecule has 1 fully saturated rings. The zero-order valence-electron chi connectivity index (χ0n) is 9.60. The summed E-state index contributed by atoms with van der Waals surface area (Å²) in [5.74, 6) is -0.125. The van der Waals surface area contributed by atoms with Crippen molar-refractivity contribution in [1.29, 1.82) is 0 Å². The van der Waals surface area contributed by atoms with Gasteiger partial charge in [0.1, 0.15) is 5.82 Å². The smallest absolute Gasteiger partial charge is 0.313 e. The summed E-state index contributed by atoms with van der Waals surface area (Å²) in [6.45, 7) is 0. The zero-order valence-corrected chi connectivity index (χ0v) is 10.4. The first kappa shape index (κ1) is 12.4. The van der Waals surface area contributed by atoms with Gasteiger partial charge in [-0.25, -0.2) is 4.98 Å². The first-order valence-corrected chi connectivity index (χ1v) is 6.43. The summed E-state index contributed by atoms with van der Waals surface area (Å²) in [6.07, 6.45) is 3.98. The van der Waals surface area contributed by atoms with Crippen molar-refractivity contribution in [3.05, 3.63) is 5.82 Å². The Labute approximate surface area is 103 Å². The number of methoxy groups -OCH3 is 1. The van der Waals surface area contributed by atoms with E-state index in [1.165, 1.54) is 6.42 Å². The molecule has 2 N–H and O–H groups in total. The number of ether oxygens (including phenoxy) is 1. The van der Waals surface area contributed by atoms with Crippen LogP contribution in [0.15, 0.2) is 5.16 Å². The topological polar surface area (TPSA) is 88.1 Å². The maximum Gasteiger partial charge on any atom is 0.313 e. The van der Waals surface area contributed by atoms with Crippen LogP contribution in [-0.2, 0) is 16.0 Å². The Morgan fingerprint density at radius 1 is 1.65 bits per heavy atom. The van der Waals surface area contributed by atoms with Crippen LogP contribution in [0.3, 0.4) is 0 Å². The third-order valence-electron chi connectivity index (χ3n) is 3.02. The Morgan fingerprint density at radius 2 is 2.41 bits per heavy atom. The van der Waals surface area contributed by atoms with Gasteiger partial charge in [0.05, 0.1) is 11.4 Å². The van der Waals surface area contributed by atoms with Crippen LogP contribution >= 0.6 is 11.8 Å². The minimum absolute atomic E-state index is 0.0211. The molecule has 0 aromatic carbocycles. The second-order valence-corrected chi connectivity index (χ2v) is 5.11. The van der Waals surface area contributed by atoms with Gasteiger partial charge in [0.25, 0.3) is 0 Å². The highest BCUT2D eigenvalue weighted by molar-refractivity contribution is 7.99. The van der Waals surface area contributed by atoms with Crippen LogP contribution in [0.4, 0.5) is 0 Å². The second-order valence-electron chi connectivity index (χ2n) is 4.16. The molecule has 1 aromatic rings. The summed E-state index contributed by atoms with van der Waals surface area (Å²) in [5, 5.41) is 15.8. The molecular weight excluding hydrogens is 242 g/mol. The third-order valence-corrected chi connectivity index (χ3v) is 3.86. The Hall–Kier alpha value is -1.08. The number of nitrogens with zero attached hydrogens (tertiary/aromatic N) is 2. The molecule has 1 aromatic heterocycles. The van der Waals surface area contributed by atoms with Crippen LogP contribution < -0.4 is 0 Å². The van der Waals surface area contributed by atoms with Gasteiger partial charge >= 0.3 is 5.97 Å². The molecule has 17 heavy (non-hydrogen) atoms. The van der Waals surface area contributed by atoms with Crippen LogP contribution in [0, 0.1) is 0 Å². The lowest BCUT2D eigenvalue weighted by molar-refractivity contribution is -0.133. The zero-order chi connectivity index (χ0) is 12.3. The first-order chi connectivity index (χ1) is 8.13. The van der Waals surface area contributed by atoms with Gasteiger partial charge in [0, 0.05) is 13.5 Å². The number of aromatic amines is 1.